The van der Waals surface area contributed by atoms with Crippen molar-refractivity contribution in [3.63, 3.8) is 0 Å². The molecule has 3 rings (SSSR count). The second-order valence-corrected chi connectivity index (χ2v) is 8.50. The van der Waals surface area contributed by atoms with Gasteiger partial charge in [-0.3, -0.25) is 4.79 Å². The highest BCUT2D eigenvalue weighted by Crippen LogP contribution is 2.21. The third kappa shape index (κ3) is 4.93. The summed E-state index contributed by atoms with van der Waals surface area (Å²) >= 11 is 0. The van der Waals surface area contributed by atoms with E-state index in [0.717, 1.165) is 22.1 Å². The largest absolute Gasteiger partial charge is 0.497 e. The molecule has 0 aliphatic rings. The highest BCUT2D eigenvalue weighted by Gasteiger charge is 2.25. The molecule has 0 radical (unpaired) electrons. The van der Waals surface area contributed by atoms with Crippen molar-refractivity contribution in [3.05, 3.63) is 72.3 Å². The average Bonchev–Trinajstić information content (AvgIpc) is 2.75. The lowest BCUT2D eigenvalue weighted by Crippen LogP contribution is -2.40. The van der Waals surface area contributed by atoms with E-state index in [2.05, 4.69) is 5.32 Å². The first-order chi connectivity index (χ1) is 13.9. The van der Waals surface area contributed by atoms with Crippen molar-refractivity contribution < 1.29 is 17.9 Å². The van der Waals surface area contributed by atoms with Crippen LogP contribution in [0.25, 0.3) is 10.8 Å². The number of carbonyl (C=O) groups excluding carboxylic acids is 1. The lowest BCUT2D eigenvalue weighted by atomic mass is 10.1. The van der Waals surface area contributed by atoms with Gasteiger partial charge in [-0.05, 0) is 40.6 Å². The first-order valence-electron chi connectivity index (χ1n) is 9.32. The monoisotopic (exact) mass is 412 g/mol. The lowest BCUT2D eigenvalue weighted by molar-refractivity contribution is -0.121. The number of ether oxygens (including phenoxy) is 1. The van der Waals surface area contributed by atoms with Crippen LogP contribution in [-0.2, 0) is 21.4 Å². The first-order valence-corrected chi connectivity index (χ1v) is 10.8. The van der Waals surface area contributed by atoms with Gasteiger partial charge >= 0.3 is 0 Å². The maximum Gasteiger partial charge on any atom is 0.243 e. The van der Waals surface area contributed by atoms with Crippen molar-refractivity contribution >= 4 is 26.7 Å². The second kappa shape index (κ2) is 9.07. The van der Waals surface area contributed by atoms with Gasteiger partial charge in [-0.1, -0.05) is 49.4 Å². The molecular weight excluding hydrogens is 388 g/mol. The fourth-order valence-corrected chi connectivity index (χ4v) is 4.44. The van der Waals surface area contributed by atoms with Crippen molar-refractivity contribution in [1.29, 1.82) is 0 Å². The molecule has 0 bridgehead atoms. The number of nitrogens with one attached hydrogen (secondary N) is 1. The summed E-state index contributed by atoms with van der Waals surface area (Å²) in [6.07, 6.45) is 0. The van der Waals surface area contributed by atoms with Crippen molar-refractivity contribution in [2.45, 2.75) is 18.4 Å². The molecular formula is C22H24N2O4S. The van der Waals surface area contributed by atoms with E-state index >= 15 is 0 Å². The van der Waals surface area contributed by atoms with E-state index in [1.165, 1.54) is 4.31 Å². The van der Waals surface area contributed by atoms with E-state index in [4.69, 9.17) is 4.74 Å². The Morgan fingerprint density at radius 2 is 1.69 bits per heavy atom. The van der Waals surface area contributed by atoms with Gasteiger partial charge in [0.05, 0.1) is 18.6 Å². The van der Waals surface area contributed by atoms with E-state index in [0.29, 0.717) is 6.54 Å². The lowest BCUT2D eigenvalue weighted by Gasteiger charge is -2.20. The van der Waals surface area contributed by atoms with Crippen molar-refractivity contribution in [3.8, 4) is 5.75 Å². The first kappa shape index (κ1) is 20.8. The summed E-state index contributed by atoms with van der Waals surface area (Å²) in [6.45, 7) is 2.00. The molecule has 0 aliphatic carbocycles. The minimum absolute atomic E-state index is 0.181. The fourth-order valence-electron chi connectivity index (χ4n) is 3.00. The van der Waals surface area contributed by atoms with Crippen LogP contribution >= 0.6 is 0 Å². The van der Waals surface area contributed by atoms with Crippen LogP contribution in [0.5, 0.6) is 5.75 Å². The number of methoxy groups -OCH3 is 1. The van der Waals surface area contributed by atoms with Crippen LogP contribution in [-0.4, -0.2) is 38.8 Å². The number of nitrogens with zero attached hydrogens (tertiary/aromatic N) is 1. The number of carbonyl (C=O) groups is 1. The molecule has 6 nitrogen and oxygen atoms in total. The number of fused-ring (bicyclic) bond motifs is 1. The number of amides is 1. The van der Waals surface area contributed by atoms with Gasteiger partial charge in [0.15, 0.2) is 0 Å². The Labute approximate surface area is 171 Å². The predicted octanol–water partition coefficient (Wildman–Crippen LogP) is 3.18. The Morgan fingerprint density at radius 1 is 1.00 bits per heavy atom. The molecule has 0 unspecified atom stereocenters. The van der Waals surface area contributed by atoms with Gasteiger partial charge in [0.2, 0.25) is 15.9 Å². The van der Waals surface area contributed by atoms with Crippen LogP contribution in [0.15, 0.2) is 71.6 Å². The molecule has 0 spiro atoms. The molecule has 0 fully saturated rings. The Morgan fingerprint density at radius 3 is 2.34 bits per heavy atom. The summed E-state index contributed by atoms with van der Waals surface area (Å²) in [5, 5.41) is 4.57. The van der Waals surface area contributed by atoms with Crippen LogP contribution in [0.1, 0.15) is 12.5 Å². The third-order valence-corrected chi connectivity index (χ3v) is 6.60. The van der Waals surface area contributed by atoms with Crippen LogP contribution < -0.4 is 10.1 Å². The summed E-state index contributed by atoms with van der Waals surface area (Å²) in [6, 6.07) is 19.9. The normalized spacial score (nSPS) is 11.6. The van der Waals surface area contributed by atoms with Crippen LogP contribution in [0.2, 0.25) is 0 Å². The molecule has 3 aromatic rings. The van der Waals surface area contributed by atoms with Crippen molar-refractivity contribution in [2.24, 2.45) is 0 Å². The molecule has 0 atom stereocenters. The topological polar surface area (TPSA) is 75.7 Å². The molecule has 0 heterocycles. The second-order valence-electron chi connectivity index (χ2n) is 6.56. The Hall–Kier alpha value is -2.90. The number of rotatable bonds is 8. The Bertz CT molecular complexity index is 1100. The van der Waals surface area contributed by atoms with Crippen LogP contribution in [0.3, 0.4) is 0 Å². The highest BCUT2D eigenvalue weighted by molar-refractivity contribution is 7.89. The molecule has 7 heteroatoms. The summed E-state index contributed by atoms with van der Waals surface area (Å²) in [5.41, 5.74) is 0.902. The van der Waals surface area contributed by atoms with Crippen molar-refractivity contribution in [2.75, 3.05) is 20.2 Å². The zero-order valence-corrected chi connectivity index (χ0v) is 17.3. The molecule has 0 saturated heterocycles. The van der Waals surface area contributed by atoms with Gasteiger partial charge in [0.25, 0.3) is 0 Å². The van der Waals surface area contributed by atoms with Gasteiger partial charge in [-0.25, -0.2) is 8.42 Å². The van der Waals surface area contributed by atoms with Crippen LogP contribution in [0.4, 0.5) is 0 Å². The smallest absolute Gasteiger partial charge is 0.243 e. The predicted molar refractivity (Wildman–Crippen MR) is 113 cm³/mol. The number of hydrogen-bond donors (Lipinski definition) is 1. The molecule has 0 aromatic heterocycles. The Kier molecular flexibility index (Phi) is 6.51. The highest BCUT2D eigenvalue weighted by atomic mass is 32.2. The zero-order valence-electron chi connectivity index (χ0n) is 16.5. The fraction of sp³-hybridized carbons (Fsp3) is 0.227. The number of sulfonamides is 1. The zero-order chi connectivity index (χ0) is 20.9. The maximum atomic E-state index is 13.0. The number of hydrogen-bond acceptors (Lipinski definition) is 4. The molecule has 152 valence electrons. The molecule has 0 aliphatic heterocycles. The van der Waals surface area contributed by atoms with E-state index in [9.17, 15) is 13.2 Å². The molecule has 1 amide bonds. The Balaban J connectivity index is 1.68. The molecule has 3 aromatic carbocycles. The van der Waals surface area contributed by atoms with Crippen LogP contribution in [0, 0.1) is 0 Å². The maximum absolute atomic E-state index is 13.0. The van der Waals surface area contributed by atoms with Gasteiger partial charge in [0, 0.05) is 13.1 Å². The van der Waals surface area contributed by atoms with E-state index in [1.54, 1.807) is 32.2 Å². The molecule has 29 heavy (non-hydrogen) atoms. The van der Waals surface area contributed by atoms with E-state index in [-0.39, 0.29) is 23.9 Å². The van der Waals surface area contributed by atoms with Gasteiger partial charge < -0.3 is 10.1 Å². The number of likely N-dealkylation sites (N-methyl/N-ethyl adjacent to an activating group) is 1. The summed E-state index contributed by atoms with van der Waals surface area (Å²) in [4.78, 5) is 12.5. The van der Waals surface area contributed by atoms with Gasteiger partial charge in [-0.15, -0.1) is 0 Å². The van der Waals surface area contributed by atoms with E-state index < -0.39 is 10.0 Å². The molecule has 0 saturated carbocycles. The summed E-state index contributed by atoms with van der Waals surface area (Å²) in [5.74, 6) is 0.380. The van der Waals surface area contributed by atoms with Gasteiger partial charge in [-0.2, -0.15) is 4.31 Å². The van der Waals surface area contributed by atoms with Crippen molar-refractivity contribution in [1.82, 2.24) is 9.62 Å². The number of benzene rings is 3. The molecule has 1 N–H and O–H groups in total. The third-order valence-electron chi connectivity index (χ3n) is 4.68. The van der Waals surface area contributed by atoms with Gasteiger partial charge in [0.1, 0.15) is 5.75 Å². The standard InChI is InChI=1S/C22H24N2O4S/c1-3-24(16-22(25)23-15-17-8-11-20(28-2)12-9-17)29(26,27)21-13-10-18-6-4-5-7-19(18)14-21/h4-14H,3,15-16H2,1-2H3,(H,23,25). The minimum atomic E-state index is -3.77. The summed E-state index contributed by atoms with van der Waals surface area (Å²) < 4.78 is 32.3. The SMILES string of the molecule is CCN(CC(=O)NCc1ccc(OC)cc1)S(=O)(=O)c1ccc2ccccc2c1. The quantitative estimate of drug-likeness (QED) is 0.617. The van der Waals surface area contributed by atoms with E-state index in [1.807, 2.05) is 48.5 Å². The minimum Gasteiger partial charge on any atom is -0.497 e. The summed E-state index contributed by atoms with van der Waals surface area (Å²) in [7, 11) is -2.18. The average molecular weight is 413 g/mol.